The van der Waals surface area contributed by atoms with Crippen molar-refractivity contribution in [2.24, 2.45) is 0 Å². The molecule has 30 heavy (non-hydrogen) atoms. The molecule has 3 aromatic carbocycles. The zero-order valence-corrected chi connectivity index (χ0v) is 17.5. The molecule has 0 aromatic heterocycles. The molecule has 1 aliphatic rings. The highest BCUT2D eigenvalue weighted by molar-refractivity contribution is 5.29. The second-order valence-corrected chi connectivity index (χ2v) is 8.21. The minimum Gasteiger partial charge on any atom is -0.491 e. The minimum atomic E-state index is -0.535. The first kappa shape index (κ1) is 20.6. The molecule has 0 fully saturated rings. The lowest BCUT2D eigenvalue weighted by molar-refractivity contribution is 0.0463. The molecule has 1 N–H and O–H groups in total. The van der Waals surface area contributed by atoms with Gasteiger partial charge in [0.15, 0.2) is 0 Å². The highest BCUT2D eigenvalue weighted by Gasteiger charge is 2.25. The number of ether oxygens (including phenoxy) is 1. The summed E-state index contributed by atoms with van der Waals surface area (Å²) in [5.41, 5.74) is 4.21. The van der Waals surface area contributed by atoms with E-state index in [2.05, 4.69) is 59.5 Å². The molecule has 0 aliphatic heterocycles. The van der Waals surface area contributed by atoms with Gasteiger partial charge in [-0.3, -0.25) is 4.90 Å². The molecule has 1 aliphatic carbocycles. The van der Waals surface area contributed by atoms with Crippen LogP contribution in [0, 0.1) is 0 Å². The van der Waals surface area contributed by atoms with E-state index < -0.39 is 6.10 Å². The summed E-state index contributed by atoms with van der Waals surface area (Å²) in [6.45, 7) is 1.75. The Labute approximate surface area is 179 Å². The van der Waals surface area contributed by atoms with E-state index in [1.165, 1.54) is 23.1 Å². The van der Waals surface area contributed by atoms with Crippen LogP contribution in [0.3, 0.4) is 0 Å². The monoisotopic (exact) mass is 401 g/mol. The van der Waals surface area contributed by atoms with Gasteiger partial charge in [-0.1, -0.05) is 72.8 Å². The number of hydrogen-bond donors (Lipinski definition) is 1. The van der Waals surface area contributed by atoms with E-state index in [-0.39, 0.29) is 0 Å². The van der Waals surface area contributed by atoms with Gasteiger partial charge < -0.3 is 9.84 Å². The minimum absolute atomic E-state index is 0.304. The number of fused-ring (bicyclic) bond motifs is 1. The largest absolute Gasteiger partial charge is 0.491 e. The topological polar surface area (TPSA) is 32.7 Å². The van der Waals surface area contributed by atoms with E-state index in [0.29, 0.717) is 19.2 Å². The Morgan fingerprint density at radius 2 is 1.53 bits per heavy atom. The van der Waals surface area contributed by atoms with Gasteiger partial charge >= 0.3 is 0 Å². The van der Waals surface area contributed by atoms with Crippen LogP contribution in [0.25, 0.3) is 0 Å². The second kappa shape index (κ2) is 10.4. The zero-order valence-electron chi connectivity index (χ0n) is 17.5. The van der Waals surface area contributed by atoms with Crippen molar-refractivity contribution >= 4 is 0 Å². The normalized spacial score (nSPS) is 17.2. The average Bonchev–Trinajstić information content (AvgIpc) is 3.01. The summed E-state index contributed by atoms with van der Waals surface area (Å²) < 4.78 is 5.81. The smallest absolute Gasteiger partial charge is 0.119 e. The highest BCUT2D eigenvalue weighted by Crippen LogP contribution is 2.25. The van der Waals surface area contributed by atoms with E-state index in [4.69, 9.17) is 4.74 Å². The van der Waals surface area contributed by atoms with Gasteiger partial charge in [0.25, 0.3) is 0 Å². The number of aryl methyl sites for hydroxylation is 1. The van der Waals surface area contributed by atoms with E-state index in [0.717, 1.165) is 31.6 Å². The number of aliphatic hydroxyl groups is 1. The highest BCUT2D eigenvalue weighted by atomic mass is 16.5. The number of para-hydroxylation sites is 1. The van der Waals surface area contributed by atoms with Crippen molar-refractivity contribution in [3.8, 4) is 5.75 Å². The zero-order chi connectivity index (χ0) is 20.6. The Morgan fingerprint density at radius 3 is 2.30 bits per heavy atom. The van der Waals surface area contributed by atoms with E-state index >= 15 is 0 Å². The summed E-state index contributed by atoms with van der Waals surface area (Å²) >= 11 is 0. The summed E-state index contributed by atoms with van der Waals surface area (Å²) in [5, 5.41) is 10.8. The first-order valence-electron chi connectivity index (χ1n) is 11.0. The SMILES string of the molecule is O[C@H](COc1ccccc1)CN(Cc1ccccc1)C1CCCc2ccccc2C1. The molecule has 0 amide bonds. The van der Waals surface area contributed by atoms with Gasteiger partial charge in [0, 0.05) is 19.1 Å². The van der Waals surface area contributed by atoms with Crippen LogP contribution >= 0.6 is 0 Å². The van der Waals surface area contributed by atoms with Gasteiger partial charge in [0.1, 0.15) is 18.5 Å². The maximum atomic E-state index is 10.8. The predicted octanol–water partition coefficient (Wildman–Crippen LogP) is 4.88. The Hall–Kier alpha value is -2.62. The van der Waals surface area contributed by atoms with Gasteiger partial charge in [-0.15, -0.1) is 0 Å². The summed E-state index contributed by atoms with van der Waals surface area (Å²) in [6.07, 6.45) is 3.98. The molecule has 3 nitrogen and oxygen atoms in total. The van der Waals surface area contributed by atoms with Gasteiger partial charge in [-0.2, -0.15) is 0 Å². The number of nitrogens with zero attached hydrogens (tertiary/aromatic N) is 1. The standard InChI is InChI=1S/C27H31NO2/c29-26(21-30-27-16-5-2-6-17-27)20-28(19-22-10-3-1-4-11-22)25-15-9-14-23-12-7-8-13-24(23)18-25/h1-8,10-13,16-17,25-26,29H,9,14-15,18-21H2/t25?,26-/m0/s1. The lowest BCUT2D eigenvalue weighted by Gasteiger charge is -2.33. The lowest BCUT2D eigenvalue weighted by atomic mass is 10.0. The first-order chi connectivity index (χ1) is 14.8. The summed E-state index contributed by atoms with van der Waals surface area (Å²) in [7, 11) is 0. The number of hydrogen-bond acceptors (Lipinski definition) is 3. The van der Waals surface area contributed by atoms with Crippen LogP contribution in [0.15, 0.2) is 84.9 Å². The van der Waals surface area contributed by atoms with Crippen LogP contribution in [0.5, 0.6) is 5.75 Å². The van der Waals surface area contributed by atoms with Crippen LogP contribution in [0.1, 0.15) is 29.5 Å². The van der Waals surface area contributed by atoms with Crippen molar-refractivity contribution in [3.05, 3.63) is 102 Å². The maximum Gasteiger partial charge on any atom is 0.119 e. The summed E-state index contributed by atoms with van der Waals surface area (Å²) in [6, 6.07) is 29.5. The molecule has 1 unspecified atom stereocenters. The molecule has 0 bridgehead atoms. The average molecular weight is 402 g/mol. The Balaban J connectivity index is 1.46. The van der Waals surface area contributed by atoms with E-state index in [1.807, 2.05) is 30.3 Å². The number of rotatable bonds is 8. The van der Waals surface area contributed by atoms with Crippen molar-refractivity contribution in [3.63, 3.8) is 0 Å². The molecule has 4 rings (SSSR count). The molecule has 156 valence electrons. The maximum absolute atomic E-state index is 10.8. The second-order valence-electron chi connectivity index (χ2n) is 8.21. The van der Waals surface area contributed by atoms with Crippen LogP contribution in [0.2, 0.25) is 0 Å². The predicted molar refractivity (Wildman–Crippen MR) is 122 cm³/mol. The number of aliphatic hydroxyl groups excluding tert-OH is 1. The Bertz CT molecular complexity index is 897. The van der Waals surface area contributed by atoms with Gasteiger partial charge in [0.2, 0.25) is 0 Å². The molecule has 0 radical (unpaired) electrons. The third kappa shape index (κ3) is 5.71. The molecular weight excluding hydrogens is 370 g/mol. The van der Waals surface area contributed by atoms with Crippen LogP contribution < -0.4 is 4.74 Å². The molecule has 2 atom stereocenters. The van der Waals surface area contributed by atoms with Gasteiger partial charge in [-0.05, 0) is 54.5 Å². The Kier molecular flexibility index (Phi) is 7.17. The fraction of sp³-hybridized carbons (Fsp3) is 0.333. The summed E-state index contributed by atoms with van der Waals surface area (Å²) in [5.74, 6) is 0.801. The van der Waals surface area contributed by atoms with Crippen molar-refractivity contribution in [1.29, 1.82) is 0 Å². The molecule has 0 heterocycles. The molecular formula is C27H31NO2. The van der Waals surface area contributed by atoms with Crippen LogP contribution in [0.4, 0.5) is 0 Å². The third-order valence-electron chi connectivity index (χ3n) is 5.93. The first-order valence-corrected chi connectivity index (χ1v) is 11.0. The van der Waals surface area contributed by atoms with Crippen LogP contribution in [-0.2, 0) is 19.4 Å². The molecule has 0 saturated carbocycles. The van der Waals surface area contributed by atoms with Crippen molar-refractivity contribution in [2.75, 3.05) is 13.2 Å². The third-order valence-corrected chi connectivity index (χ3v) is 5.93. The van der Waals surface area contributed by atoms with Gasteiger partial charge in [0.05, 0.1) is 0 Å². The van der Waals surface area contributed by atoms with E-state index in [1.54, 1.807) is 0 Å². The lowest BCUT2D eigenvalue weighted by Crippen LogP contribution is -2.42. The van der Waals surface area contributed by atoms with Gasteiger partial charge in [-0.25, -0.2) is 0 Å². The fourth-order valence-corrected chi connectivity index (χ4v) is 4.39. The quantitative estimate of drug-likeness (QED) is 0.546. The fourth-order valence-electron chi connectivity index (χ4n) is 4.39. The van der Waals surface area contributed by atoms with Crippen LogP contribution in [-0.4, -0.2) is 35.3 Å². The van der Waals surface area contributed by atoms with Crippen molar-refractivity contribution < 1.29 is 9.84 Å². The van der Waals surface area contributed by atoms with E-state index in [9.17, 15) is 5.11 Å². The molecule has 0 spiro atoms. The molecule has 3 aromatic rings. The Morgan fingerprint density at radius 1 is 0.867 bits per heavy atom. The molecule has 3 heteroatoms. The van der Waals surface area contributed by atoms with Crippen molar-refractivity contribution in [2.45, 2.75) is 44.4 Å². The molecule has 0 saturated heterocycles. The van der Waals surface area contributed by atoms with Crippen molar-refractivity contribution in [1.82, 2.24) is 4.90 Å². The number of benzene rings is 3. The summed E-state index contributed by atoms with van der Waals surface area (Å²) in [4.78, 5) is 2.45.